The van der Waals surface area contributed by atoms with Crippen molar-refractivity contribution < 1.29 is 22.6 Å². The van der Waals surface area contributed by atoms with Crippen molar-refractivity contribution in [3.63, 3.8) is 0 Å². The number of rotatable bonds is 8. The number of hydrogen-bond donors (Lipinski definition) is 4. The Balaban J connectivity index is 2.71. The highest BCUT2D eigenvalue weighted by Crippen LogP contribution is 2.32. The van der Waals surface area contributed by atoms with E-state index >= 15 is 0 Å². The second-order valence-corrected chi connectivity index (χ2v) is 8.45. The average Bonchev–Trinajstić information content (AvgIpc) is 2.64. The summed E-state index contributed by atoms with van der Waals surface area (Å²) in [4.78, 5) is 0. The minimum atomic E-state index is -3.90. The van der Waals surface area contributed by atoms with E-state index < -0.39 is 28.6 Å². The van der Waals surface area contributed by atoms with Crippen molar-refractivity contribution >= 4 is 17.4 Å². The van der Waals surface area contributed by atoms with Crippen LogP contribution in [0.3, 0.4) is 0 Å². The summed E-state index contributed by atoms with van der Waals surface area (Å²) in [5.74, 6) is -0.0642. The largest absolute Gasteiger partial charge is 0.451 e. The van der Waals surface area contributed by atoms with E-state index in [2.05, 4.69) is 0 Å². The molecule has 1 aliphatic rings. The molecule has 0 radical (unpaired) electrons. The van der Waals surface area contributed by atoms with Crippen molar-refractivity contribution in [1.82, 2.24) is 4.31 Å². The Bertz CT molecular complexity index is 469. The predicted molar refractivity (Wildman–Crippen MR) is 85.0 cm³/mol. The highest BCUT2D eigenvalue weighted by atomic mass is 32.2. The maximum absolute atomic E-state index is 12.3. The molecule has 0 aliphatic carbocycles. The molecule has 0 aromatic rings. The highest BCUT2D eigenvalue weighted by Gasteiger charge is 2.45. The monoisotopic (exact) mass is 337 g/mol. The Morgan fingerprint density at radius 3 is 2.55 bits per heavy atom. The first-order valence-corrected chi connectivity index (χ1v) is 8.82. The second-order valence-electron chi connectivity index (χ2n) is 6.91. The SMILES string of the molecule is CC(C)(CN)OS(=O)(=O)N1C[C@H](CCCB(O)O)[C@@](C)(N)C1. The van der Waals surface area contributed by atoms with Gasteiger partial charge in [0.1, 0.15) is 0 Å². The van der Waals surface area contributed by atoms with Gasteiger partial charge in [-0.1, -0.05) is 6.42 Å². The molecule has 0 amide bonds. The fraction of sp³-hybridized carbons (Fsp3) is 1.00. The summed E-state index contributed by atoms with van der Waals surface area (Å²) in [6, 6.07) is 0. The van der Waals surface area contributed by atoms with Crippen LogP contribution in [0.1, 0.15) is 33.6 Å². The maximum Gasteiger partial charge on any atom is 0.451 e. The molecular weight excluding hydrogens is 309 g/mol. The fourth-order valence-corrected chi connectivity index (χ4v) is 4.08. The van der Waals surface area contributed by atoms with Gasteiger partial charge in [-0.25, -0.2) is 0 Å². The average molecular weight is 337 g/mol. The Morgan fingerprint density at radius 1 is 1.45 bits per heavy atom. The molecule has 0 aromatic heterocycles. The van der Waals surface area contributed by atoms with E-state index in [1.54, 1.807) is 20.8 Å². The van der Waals surface area contributed by atoms with Crippen LogP contribution in [0.2, 0.25) is 6.32 Å². The van der Waals surface area contributed by atoms with Gasteiger partial charge < -0.3 is 21.5 Å². The second kappa shape index (κ2) is 7.12. The van der Waals surface area contributed by atoms with Crippen LogP contribution in [-0.2, 0) is 14.5 Å². The third-order valence-electron chi connectivity index (χ3n) is 4.03. The van der Waals surface area contributed by atoms with Crippen LogP contribution in [0, 0.1) is 5.92 Å². The van der Waals surface area contributed by atoms with Gasteiger partial charge in [-0.2, -0.15) is 12.7 Å². The number of nitrogens with two attached hydrogens (primary N) is 2. The molecule has 1 fully saturated rings. The zero-order valence-electron chi connectivity index (χ0n) is 13.5. The van der Waals surface area contributed by atoms with E-state index in [1.807, 2.05) is 0 Å². The third kappa shape index (κ3) is 5.45. The molecule has 6 N–H and O–H groups in total. The molecule has 130 valence electrons. The molecule has 2 atom stereocenters. The van der Waals surface area contributed by atoms with Gasteiger partial charge >= 0.3 is 17.4 Å². The van der Waals surface area contributed by atoms with Gasteiger partial charge in [0, 0.05) is 25.2 Å². The van der Waals surface area contributed by atoms with Gasteiger partial charge in [0.2, 0.25) is 0 Å². The van der Waals surface area contributed by atoms with Crippen LogP contribution in [-0.4, -0.2) is 60.7 Å². The van der Waals surface area contributed by atoms with E-state index in [0.717, 1.165) is 0 Å². The molecule has 0 bridgehead atoms. The molecule has 0 unspecified atom stereocenters. The summed E-state index contributed by atoms with van der Waals surface area (Å²) in [5.41, 5.74) is 10.1. The Morgan fingerprint density at radius 2 is 2.05 bits per heavy atom. The minimum Gasteiger partial charge on any atom is -0.427 e. The van der Waals surface area contributed by atoms with Gasteiger partial charge in [0.25, 0.3) is 0 Å². The lowest BCUT2D eigenvalue weighted by Gasteiger charge is -2.26. The Hall–Kier alpha value is -0.225. The van der Waals surface area contributed by atoms with Crippen LogP contribution >= 0.6 is 0 Å². The molecular formula is C12H28BN3O5S. The zero-order valence-corrected chi connectivity index (χ0v) is 14.3. The summed E-state index contributed by atoms with van der Waals surface area (Å²) in [6.45, 7) is 5.54. The summed E-state index contributed by atoms with van der Waals surface area (Å²) in [5, 5.41) is 17.8. The molecule has 1 saturated heterocycles. The summed E-state index contributed by atoms with van der Waals surface area (Å²) < 4.78 is 31.1. The van der Waals surface area contributed by atoms with E-state index in [9.17, 15) is 8.42 Å². The van der Waals surface area contributed by atoms with Crippen LogP contribution in [0.15, 0.2) is 0 Å². The van der Waals surface area contributed by atoms with Gasteiger partial charge in [-0.3, -0.25) is 4.18 Å². The van der Waals surface area contributed by atoms with Crippen molar-refractivity contribution in [2.24, 2.45) is 17.4 Å². The third-order valence-corrected chi connectivity index (χ3v) is 5.60. The van der Waals surface area contributed by atoms with Crippen molar-refractivity contribution in [1.29, 1.82) is 0 Å². The molecule has 0 aromatic carbocycles. The van der Waals surface area contributed by atoms with Crippen molar-refractivity contribution in [3.8, 4) is 0 Å². The fourth-order valence-electron chi connectivity index (χ4n) is 2.54. The van der Waals surface area contributed by atoms with Crippen LogP contribution in [0.5, 0.6) is 0 Å². The predicted octanol–water partition coefficient (Wildman–Crippen LogP) is -1.11. The first-order chi connectivity index (χ1) is 9.89. The Kier molecular flexibility index (Phi) is 6.42. The van der Waals surface area contributed by atoms with Gasteiger partial charge in [0.05, 0.1) is 5.60 Å². The smallest absolute Gasteiger partial charge is 0.427 e. The molecule has 1 rings (SSSR count). The topological polar surface area (TPSA) is 139 Å². The number of hydrogen-bond acceptors (Lipinski definition) is 7. The summed E-state index contributed by atoms with van der Waals surface area (Å²) in [6.07, 6.45) is 1.44. The quantitative estimate of drug-likeness (QED) is 0.412. The normalized spacial score (nSPS) is 27.3. The van der Waals surface area contributed by atoms with Crippen molar-refractivity contribution in [2.75, 3.05) is 19.6 Å². The zero-order chi connectivity index (χ0) is 17.2. The lowest BCUT2D eigenvalue weighted by atomic mass is 9.79. The molecule has 1 aliphatic heterocycles. The van der Waals surface area contributed by atoms with Gasteiger partial charge in [0.15, 0.2) is 0 Å². The molecule has 0 spiro atoms. The molecule has 22 heavy (non-hydrogen) atoms. The first-order valence-electron chi connectivity index (χ1n) is 7.45. The maximum atomic E-state index is 12.3. The molecule has 0 saturated carbocycles. The number of nitrogens with zero attached hydrogens (tertiary/aromatic N) is 1. The Labute approximate surface area is 133 Å². The van der Waals surface area contributed by atoms with E-state index in [1.165, 1.54) is 4.31 Å². The molecule has 8 nitrogen and oxygen atoms in total. The minimum absolute atomic E-state index is 0.0642. The van der Waals surface area contributed by atoms with E-state index in [0.29, 0.717) is 12.8 Å². The van der Waals surface area contributed by atoms with Crippen LogP contribution in [0.25, 0.3) is 0 Å². The summed E-state index contributed by atoms with van der Waals surface area (Å²) >= 11 is 0. The van der Waals surface area contributed by atoms with Crippen LogP contribution < -0.4 is 11.5 Å². The standard InChI is InChI=1S/C12H28BN3O5S/c1-11(2,8-14)21-22(19,20)16-7-10(12(3,15)9-16)5-4-6-13(17)18/h10,17-18H,4-9,14-15H2,1-3H3/t10-,12-/m0/s1. The van der Waals surface area contributed by atoms with Crippen molar-refractivity contribution in [2.45, 2.75) is 51.1 Å². The van der Waals surface area contributed by atoms with Crippen LogP contribution in [0.4, 0.5) is 0 Å². The lowest BCUT2D eigenvalue weighted by Crippen LogP contribution is -2.46. The summed E-state index contributed by atoms with van der Waals surface area (Å²) in [7, 11) is -5.25. The molecule has 10 heteroatoms. The van der Waals surface area contributed by atoms with E-state index in [4.69, 9.17) is 25.7 Å². The van der Waals surface area contributed by atoms with Gasteiger partial charge in [-0.15, -0.1) is 0 Å². The highest BCUT2D eigenvalue weighted by molar-refractivity contribution is 7.84. The lowest BCUT2D eigenvalue weighted by molar-refractivity contribution is 0.113. The van der Waals surface area contributed by atoms with E-state index in [-0.39, 0.29) is 31.9 Å². The first kappa shape index (κ1) is 19.8. The van der Waals surface area contributed by atoms with Crippen molar-refractivity contribution in [3.05, 3.63) is 0 Å². The molecule has 1 heterocycles. The van der Waals surface area contributed by atoms with Gasteiger partial charge in [-0.05, 0) is 39.4 Å².